The molecule has 158 valence electrons. The lowest BCUT2D eigenvalue weighted by molar-refractivity contribution is 0.0915. The highest BCUT2D eigenvalue weighted by atomic mass is 35.5. The third-order valence-electron chi connectivity index (χ3n) is 5.61. The summed E-state index contributed by atoms with van der Waals surface area (Å²) >= 11 is 6.04. The van der Waals surface area contributed by atoms with E-state index in [1.165, 1.54) is 4.31 Å². The van der Waals surface area contributed by atoms with Gasteiger partial charge in [-0.1, -0.05) is 29.8 Å². The molecule has 1 fully saturated rings. The van der Waals surface area contributed by atoms with E-state index in [0.29, 0.717) is 48.0 Å². The van der Waals surface area contributed by atoms with Crippen LogP contribution in [0, 0.1) is 12.8 Å². The summed E-state index contributed by atoms with van der Waals surface area (Å²) in [4.78, 5) is 12.9. The first-order valence-electron chi connectivity index (χ1n) is 9.88. The van der Waals surface area contributed by atoms with Gasteiger partial charge in [-0.25, -0.2) is 8.42 Å². The van der Waals surface area contributed by atoms with Gasteiger partial charge >= 0.3 is 0 Å². The van der Waals surface area contributed by atoms with Crippen LogP contribution in [0.2, 0.25) is 5.02 Å². The molecule has 0 atom stereocenters. The van der Waals surface area contributed by atoms with Crippen molar-refractivity contribution in [2.45, 2.75) is 24.7 Å². The summed E-state index contributed by atoms with van der Waals surface area (Å²) in [5.41, 5.74) is 1.38. The van der Waals surface area contributed by atoms with Crippen molar-refractivity contribution in [3.05, 3.63) is 64.9 Å². The van der Waals surface area contributed by atoms with Gasteiger partial charge in [0, 0.05) is 35.6 Å². The van der Waals surface area contributed by atoms with E-state index < -0.39 is 10.0 Å². The van der Waals surface area contributed by atoms with E-state index in [2.05, 4.69) is 5.32 Å². The molecule has 0 aliphatic carbocycles. The Labute approximate surface area is 180 Å². The topological polar surface area (TPSA) is 79.6 Å². The van der Waals surface area contributed by atoms with Crippen LogP contribution in [0.15, 0.2) is 57.8 Å². The third-order valence-corrected chi connectivity index (χ3v) is 7.76. The van der Waals surface area contributed by atoms with E-state index in [1.54, 1.807) is 48.5 Å². The van der Waals surface area contributed by atoms with Gasteiger partial charge in [0.15, 0.2) is 5.76 Å². The molecule has 0 spiro atoms. The van der Waals surface area contributed by atoms with Gasteiger partial charge in [0.2, 0.25) is 10.0 Å². The molecule has 1 aliphatic heterocycles. The number of sulfonamides is 1. The van der Waals surface area contributed by atoms with Crippen molar-refractivity contribution in [1.29, 1.82) is 0 Å². The van der Waals surface area contributed by atoms with Crippen molar-refractivity contribution in [2.75, 3.05) is 19.6 Å². The van der Waals surface area contributed by atoms with Gasteiger partial charge in [0.1, 0.15) is 5.58 Å². The number of halogens is 1. The average Bonchev–Trinajstić information content (AvgIpc) is 3.09. The maximum absolute atomic E-state index is 12.7. The predicted molar refractivity (Wildman–Crippen MR) is 116 cm³/mol. The first-order chi connectivity index (χ1) is 14.4. The maximum atomic E-state index is 12.7. The fourth-order valence-corrected chi connectivity index (χ4v) is 5.49. The second kappa shape index (κ2) is 8.41. The molecule has 0 bridgehead atoms. The number of nitrogens with one attached hydrogen (secondary N) is 1. The summed E-state index contributed by atoms with van der Waals surface area (Å²) in [5, 5.41) is 4.36. The zero-order valence-corrected chi connectivity index (χ0v) is 18.2. The molecule has 1 amide bonds. The molecule has 1 aliphatic rings. The minimum Gasteiger partial charge on any atom is -0.451 e. The van der Waals surface area contributed by atoms with E-state index in [1.807, 2.05) is 6.92 Å². The lowest BCUT2D eigenvalue weighted by Crippen LogP contribution is -2.41. The van der Waals surface area contributed by atoms with Crippen LogP contribution in [-0.4, -0.2) is 38.3 Å². The highest BCUT2D eigenvalue weighted by Crippen LogP contribution is 2.28. The SMILES string of the molecule is Cc1c(C(=O)NCC2CCN(S(=O)(=O)c3ccccc3)CC2)oc2ccc(Cl)cc12. The van der Waals surface area contributed by atoms with Gasteiger partial charge in [0.25, 0.3) is 5.91 Å². The number of carbonyl (C=O) groups excluding carboxylic acids is 1. The Hall–Kier alpha value is -2.35. The van der Waals surface area contributed by atoms with Crippen molar-refractivity contribution in [3.63, 3.8) is 0 Å². The number of amides is 1. The van der Waals surface area contributed by atoms with Gasteiger partial charge in [-0.3, -0.25) is 4.79 Å². The van der Waals surface area contributed by atoms with Crippen molar-refractivity contribution in [3.8, 4) is 0 Å². The molecule has 1 N–H and O–H groups in total. The van der Waals surface area contributed by atoms with Crippen LogP contribution >= 0.6 is 11.6 Å². The van der Waals surface area contributed by atoms with Gasteiger partial charge in [-0.15, -0.1) is 0 Å². The molecule has 0 radical (unpaired) electrons. The van der Waals surface area contributed by atoms with Crippen LogP contribution in [0.5, 0.6) is 0 Å². The smallest absolute Gasteiger partial charge is 0.287 e. The summed E-state index contributed by atoms with van der Waals surface area (Å²) in [6.07, 6.45) is 1.39. The van der Waals surface area contributed by atoms with E-state index in [0.717, 1.165) is 10.9 Å². The van der Waals surface area contributed by atoms with Crippen molar-refractivity contribution in [2.24, 2.45) is 5.92 Å². The number of hydrogen-bond donors (Lipinski definition) is 1. The molecular weight excluding hydrogens is 424 g/mol. The predicted octanol–water partition coefficient (Wildman–Crippen LogP) is 4.23. The number of aryl methyl sites for hydroxylation is 1. The lowest BCUT2D eigenvalue weighted by Gasteiger charge is -2.31. The maximum Gasteiger partial charge on any atom is 0.287 e. The van der Waals surface area contributed by atoms with Crippen LogP contribution in [0.1, 0.15) is 29.0 Å². The Morgan fingerprint density at radius 2 is 1.87 bits per heavy atom. The Bertz CT molecular complexity index is 1170. The normalized spacial score (nSPS) is 16.1. The Kier molecular flexibility index (Phi) is 5.86. The molecule has 1 saturated heterocycles. The Balaban J connectivity index is 1.35. The van der Waals surface area contributed by atoms with E-state index in [9.17, 15) is 13.2 Å². The minimum absolute atomic E-state index is 0.218. The highest BCUT2D eigenvalue weighted by Gasteiger charge is 2.29. The van der Waals surface area contributed by atoms with Crippen molar-refractivity contribution >= 4 is 38.5 Å². The summed E-state index contributed by atoms with van der Waals surface area (Å²) < 4.78 is 32.7. The molecule has 2 heterocycles. The second-order valence-corrected chi connectivity index (χ2v) is 9.94. The summed E-state index contributed by atoms with van der Waals surface area (Å²) in [7, 11) is -3.46. The van der Waals surface area contributed by atoms with E-state index in [-0.39, 0.29) is 17.6 Å². The highest BCUT2D eigenvalue weighted by molar-refractivity contribution is 7.89. The van der Waals surface area contributed by atoms with E-state index in [4.69, 9.17) is 16.0 Å². The molecule has 1 aromatic heterocycles. The molecule has 4 rings (SSSR count). The zero-order chi connectivity index (χ0) is 21.3. The van der Waals surface area contributed by atoms with Gasteiger partial charge in [0.05, 0.1) is 4.90 Å². The zero-order valence-electron chi connectivity index (χ0n) is 16.6. The largest absolute Gasteiger partial charge is 0.451 e. The van der Waals surface area contributed by atoms with Crippen LogP contribution in [0.25, 0.3) is 11.0 Å². The molecule has 3 aromatic rings. The molecule has 0 saturated carbocycles. The Morgan fingerprint density at radius 1 is 1.17 bits per heavy atom. The molecule has 8 heteroatoms. The number of piperidine rings is 1. The Morgan fingerprint density at radius 3 is 2.57 bits per heavy atom. The molecule has 30 heavy (non-hydrogen) atoms. The number of fused-ring (bicyclic) bond motifs is 1. The van der Waals surface area contributed by atoms with Crippen LogP contribution < -0.4 is 5.32 Å². The second-order valence-electron chi connectivity index (χ2n) is 7.57. The van der Waals surface area contributed by atoms with E-state index >= 15 is 0 Å². The number of benzene rings is 2. The van der Waals surface area contributed by atoms with Gasteiger partial charge in [-0.05, 0) is 56.0 Å². The number of hydrogen-bond acceptors (Lipinski definition) is 4. The first-order valence-corrected chi connectivity index (χ1v) is 11.7. The molecule has 0 unspecified atom stereocenters. The number of carbonyl (C=O) groups is 1. The summed E-state index contributed by atoms with van der Waals surface area (Å²) in [5.74, 6) is 0.241. The summed E-state index contributed by atoms with van der Waals surface area (Å²) in [6, 6.07) is 13.7. The quantitative estimate of drug-likeness (QED) is 0.636. The number of rotatable bonds is 5. The van der Waals surface area contributed by atoms with Crippen LogP contribution in [-0.2, 0) is 10.0 Å². The monoisotopic (exact) mass is 446 g/mol. The molecule has 2 aromatic carbocycles. The van der Waals surface area contributed by atoms with Gasteiger partial charge < -0.3 is 9.73 Å². The summed E-state index contributed by atoms with van der Waals surface area (Å²) in [6.45, 7) is 3.21. The number of furan rings is 1. The fourth-order valence-electron chi connectivity index (χ4n) is 3.82. The average molecular weight is 447 g/mol. The van der Waals surface area contributed by atoms with Crippen molar-refractivity contribution < 1.29 is 17.6 Å². The third kappa shape index (κ3) is 4.10. The van der Waals surface area contributed by atoms with Crippen molar-refractivity contribution in [1.82, 2.24) is 9.62 Å². The van der Waals surface area contributed by atoms with Gasteiger partial charge in [-0.2, -0.15) is 4.31 Å². The fraction of sp³-hybridized carbons (Fsp3) is 0.318. The standard InChI is InChI=1S/C22H23ClN2O4S/c1-15-19-13-17(23)7-8-20(19)29-21(15)22(26)24-14-16-9-11-25(12-10-16)30(27,28)18-5-3-2-4-6-18/h2-8,13,16H,9-12,14H2,1H3,(H,24,26). The molecule has 6 nitrogen and oxygen atoms in total. The minimum atomic E-state index is -3.46. The van der Waals surface area contributed by atoms with Crippen LogP contribution in [0.4, 0.5) is 0 Å². The number of nitrogens with zero attached hydrogens (tertiary/aromatic N) is 1. The lowest BCUT2D eigenvalue weighted by atomic mass is 9.98. The molecular formula is C22H23ClN2O4S. The van der Waals surface area contributed by atoms with Crippen LogP contribution in [0.3, 0.4) is 0 Å². The first kappa shape index (κ1) is 20.9.